The van der Waals surface area contributed by atoms with E-state index in [1.54, 1.807) is 13.8 Å². The molecule has 0 aromatic carbocycles. The van der Waals surface area contributed by atoms with Crippen LogP contribution in [0.3, 0.4) is 0 Å². The van der Waals surface area contributed by atoms with E-state index in [0.717, 1.165) is 38.4 Å². The molecule has 0 saturated carbocycles. The average molecular weight is 308 g/mol. The highest BCUT2D eigenvalue weighted by Crippen LogP contribution is 2.20. The van der Waals surface area contributed by atoms with E-state index in [2.05, 4.69) is 11.9 Å². The Bertz CT molecular complexity index is 557. The number of ether oxygens (including phenoxy) is 1. The zero-order valence-electron chi connectivity index (χ0n) is 13.9. The zero-order chi connectivity index (χ0) is 16.3. The lowest BCUT2D eigenvalue weighted by molar-refractivity contribution is -0.902. The summed E-state index contributed by atoms with van der Waals surface area (Å²) in [5, 5.41) is 0. The molecule has 1 aromatic rings. The molecule has 0 spiro atoms. The molecule has 1 aromatic heterocycles. The van der Waals surface area contributed by atoms with Crippen molar-refractivity contribution in [3.63, 3.8) is 0 Å². The van der Waals surface area contributed by atoms with Crippen molar-refractivity contribution in [3.8, 4) is 0 Å². The Hall–Kier alpha value is -1.82. The van der Waals surface area contributed by atoms with Crippen LogP contribution >= 0.6 is 0 Å². The Morgan fingerprint density at radius 1 is 1.23 bits per heavy atom. The third-order valence-corrected chi connectivity index (χ3v) is 4.39. The number of nitrogens with zero attached hydrogens (tertiary/aromatic N) is 1. The SMILES string of the molecule is CCOC(=O)c1[nH]c(C)c(C(=O)N2CC[NH+](CC)CC2)c1C. The van der Waals surface area contributed by atoms with Crippen molar-refractivity contribution in [1.29, 1.82) is 0 Å². The van der Waals surface area contributed by atoms with Gasteiger partial charge in [0.05, 0.1) is 44.9 Å². The molecule has 2 heterocycles. The Kier molecular flexibility index (Phi) is 5.24. The summed E-state index contributed by atoms with van der Waals surface area (Å²) in [6.45, 7) is 12.5. The summed E-state index contributed by atoms with van der Waals surface area (Å²) in [4.78, 5) is 31.1. The second-order valence-corrected chi connectivity index (χ2v) is 5.74. The van der Waals surface area contributed by atoms with Crippen molar-refractivity contribution < 1.29 is 19.2 Å². The number of nitrogens with one attached hydrogen (secondary N) is 2. The van der Waals surface area contributed by atoms with Gasteiger partial charge in [-0.05, 0) is 33.3 Å². The summed E-state index contributed by atoms with van der Waals surface area (Å²) in [6, 6.07) is 0. The number of piperazine rings is 1. The molecule has 1 saturated heterocycles. The lowest BCUT2D eigenvalue weighted by atomic mass is 10.1. The molecule has 1 amide bonds. The summed E-state index contributed by atoms with van der Waals surface area (Å²) < 4.78 is 5.03. The molecule has 0 aliphatic carbocycles. The van der Waals surface area contributed by atoms with Crippen LogP contribution < -0.4 is 4.90 Å². The van der Waals surface area contributed by atoms with Crippen molar-refractivity contribution in [2.24, 2.45) is 0 Å². The molecule has 2 N–H and O–H groups in total. The van der Waals surface area contributed by atoms with Gasteiger partial charge in [-0.15, -0.1) is 0 Å². The third kappa shape index (κ3) is 3.16. The van der Waals surface area contributed by atoms with Crippen molar-refractivity contribution in [3.05, 3.63) is 22.5 Å². The highest BCUT2D eigenvalue weighted by molar-refractivity contribution is 6.01. The van der Waals surface area contributed by atoms with E-state index in [-0.39, 0.29) is 5.91 Å². The van der Waals surface area contributed by atoms with Crippen LogP contribution in [0.1, 0.15) is 46.0 Å². The molecular weight excluding hydrogens is 282 g/mol. The number of hydrogen-bond acceptors (Lipinski definition) is 3. The van der Waals surface area contributed by atoms with E-state index in [9.17, 15) is 9.59 Å². The summed E-state index contributed by atoms with van der Waals surface area (Å²) in [5.74, 6) is -0.389. The molecule has 1 aliphatic heterocycles. The number of carbonyl (C=O) groups excluding carboxylic acids is 2. The van der Waals surface area contributed by atoms with E-state index in [0.29, 0.717) is 23.4 Å². The zero-order valence-corrected chi connectivity index (χ0v) is 13.9. The second kappa shape index (κ2) is 6.96. The predicted octanol–water partition coefficient (Wildman–Crippen LogP) is 0.169. The minimum absolute atomic E-state index is 0.0111. The van der Waals surface area contributed by atoms with Crippen LogP contribution in [0.2, 0.25) is 0 Å². The molecule has 1 fully saturated rings. The summed E-state index contributed by atoms with van der Waals surface area (Å²) >= 11 is 0. The standard InChI is InChI=1S/C16H25N3O3/c1-5-18-7-9-19(10-8-18)15(20)13-11(3)14(17-12(13)4)16(21)22-6-2/h17H,5-10H2,1-4H3/p+1. The molecule has 0 unspecified atom stereocenters. The first-order chi connectivity index (χ1) is 10.5. The van der Waals surface area contributed by atoms with Gasteiger partial charge in [0.2, 0.25) is 0 Å². The lowest BCUT2D eigenvalue weighted by Crippen LogP contribution is -3.14. The fraction of sp³-hybridized carbons (Fsp3) is 0.625. The number of quaternary nitrogens is 1. The van der Waals surface area contributed by atoms with Crippen LogP contribution in [0.25, 0.3) is 0 Å². The third-order valence-electron chi connectivity index (χ3n) is 4.39. The highest BCUT2D eigenvalue weighted by Gasteiger charge is 2.29. The molecule has 0 radical (unpaired) electrons. The number of rotatable bonds is 4. The Morgan fingerprint density at radius 3 is 2.41 bits per heavy atom. The van der Waals surface area contributed by atoms with Crippen LogP contribution in [-0.4, -0.2) is 61.1 Å². The summed E-state index contributed by atoms with van der Waals surface area (Å²) in [5.41, 5.74) is 2.42. The quantitative estimate of drug-likeness (QED) is 0.779. The van der Waals surface area contributed by atoms with Crippen molar-refractivity contribution >= 4 is 11.9 Å². The van der Waals surface area contributed by atoms with Gasteiger partial charge in [0.1, 0.15) is 5.69 Å². The topological polar surface area (TPSA) is 66.8 Å². The first kappa shape index (κ1) is 16.5. The first-order valence-corrected chi connectivity index (χ1v) is 7.98. The number of H-pyrrole nitrogens is 1. The molecule has 122 valence electrons. The smallest absolute Gasteiger partial charge is 0.355 e. The van der Waals surface area contributed by atoms with Gasteiger partial charge >= 0.3 is 5.97 Å². The predicted molar refractivity (Wildman–Crippen MR) is 83.4 cm³/mol. The molecule has 6 heteroatoms. The van der Waals surface area contributed by atoms with Gasteiger partial charge < -0.3 is 19.5 Å². The van der Waals surface area contributed by atoms with Gasteiger partial charge in [-0.25, -0.2) is 4.79 Å². The van der Waals surface area contributed by atoms with Gasteiger partial charge in [-0.2, -0.15) is 0 Å². The fourth-order valence-electron chi connectivity index (χ4n) is 3.02. The summed E-state index contributed by atoms with van der Waals surface area (Å²) in [6.07, 6.45) is 0. The van der Waals surface area contributed by atoms with Crippen molar-refractivity contribution in [2.75, 3.05) is 39.3 Å². The number of esters is 1. The van der Waals surface area contributed by atoms with E-state index >= 15 is 0 Å². The molecule has 0 bridgehead atoms. The van der Waals surface area contributed by atoms with E-state index in [1.165, 1.54) is 4.90 Å². The van der Waals surface area contributed by atoms with Crippen LogP contribution in [0.5, 0.6) is 0 Å². The Morgan fingerprint density at radius 2 is 1.86 bits per heavy atom. The van der Waals surface area contributed by atoms with E-state index in [1.807, 2.05) is 11.8 Å². The van der Waals surface area contributed by atoms with Crippen LogP contribution in [0.4, 0.5) is 0 Å². The molecule has 22 heavy (non-hydrogen) atoms. The number of hydrogen-bond donors (Lipinski definition) is 2. The molecule has 6 nitrogen and oxygen atoms in total. The van der Waals surface area contributed by atoms with Crippen LogP contribution in [-0.2, 0) is 4.74 Å². The molecule has 1 aliphatic rings. The second-order valence-electron chi connectivity index (χ2n) is 5.74. The van der Waals surface area contributed by atoms with Crippen LogP contribution in [0, 0.1) is 13.8 Å². The lowest BCUT2D eigenvalue weighted by Gasteiger charge is -2.31. The minimum Gasteiger partial charge on any atom is -0.461 e. The summed E-state index contributed by atoms with van der Waals surface area (Å²) in [7, 11) is 0. The number of aromatic nitrogens is 1. The van der Waals surface area contributed by atoms with Crippen molar-refractivity contribution in [1.82, 2.24) is 9.88 Å². The van der Waals surface area contributed by atoms with Crippen molar-refractivity contribution in [2.45, 2.75) is 27.7 Å². The average Bonchev–Trinajstić information content (AvgIpc) is 2.82. The maximum absolute atomic E-state index is 12.8. The Balaban J connectivity index is 2.18. The van der Waals surface area contributed by atoms with Gasteiger partial charge in [0.15, 0.2) is 0 Å². The highest BCUT2D eigenvalue weighted by atomic mass is 16.5. The van der Waals surface area contributed by atoms with Crippen LogP contribution in [0.15, 0.2) is 0 Å². The van der Waals surface area contributed by atoms with E-state index in [4.69, 9.17) is 4.74 Å². The van der Waals surface area contributed by atoms with Gasteiger partial charge in [0, 0.05) is 5.69 Å². The minimum atomic E-state index is -0.401. The molecule has 2 rings (SSSR count). The molecule has 0 atom stereocenters. The van der Waals surface area contributed by atoms with Gasteiger partial charge in [-0.1, -0.05) is 0 Å². The number of likely N-dealkylation sites (N-methyl/N-ethyl adjacent to an activating group) is 1. The number of carbonyl (C=O) groups is 2. The Labute approximate surface area is 131 Å². The fourth-order valence-corrected chi connectivity index (χ4v) is 3.02. The normalized spacial score (nSPS) is 15.9. The largest absolute Gasteiger partial charge is 0.461 e. The number of amides is 1. The molecular formula is C16H26N3O3+. The maximum atomic E-state index is 12.8. The number of aromatic amines is 1. The maximum Gasteiger partial charge on any atom is 0.355 e. The van der Waals surface area contributed by atoms with E-state index < -0.39 is 5.97 Å². The monoisotopic (exact) mass is 308 g/mol. The number of aryl methyl sites for hydroxylation is 1. The first-order valence-electron chi connectivity index (χ1n) is 7.98. The van der Waals surface area contributed by atoms with Gasteiger partial charge in [0.25, 0.3) is 5.91 Å². The van der Waals surface area contributed by atoms with Gasteiger partial charge in [-0.3, -0.25) is 4.79 Å².